The highest BCUT2D eigenvalue weighted by Gasteiger charge is 2.22. The van der Waals surface area contributed by atoms with Crippen LogP contribution < -0.4 is 5.73 Å². The second kappa shape index (κ2) is 3.12. The van der Waals surface area contributed by atoms with Crippen molar-refractivity contribution in [2.75, 3.05) is 19.0 Å². The van der Waals surface area contributed by atoms with E-state index in [0.717, 1.165) is 0 Å². The second-order valence-electron chi connectivity index (χ2n) is 2.23. The van der Waals surface area contributed by atoms with Gasteiger partial charge in [0.25, 0.3) is 0 Å². The molecule has 10 heavy (non-hydrogen) atoms. The number of rotatable bonds is 2. The molecule has 0 saturated carbocycles. The van der Waals surface area contributed by atoms with Gasteiger partial charge in [0.05, 0.1) is 13.2 Å². The van der Waals surface area contributed by atoms with Crippen LogP contribution in [0.3, 0.4) is 0 Å². The van der Waals surface area contributed by atoms with Crippen LogP contribution in [0.15, 0.2) is 0 Å². The number of carbonyl (C=O) groups excluding carboxylic acids is 1. The molecule has 1 fully saturated rings. The molecule has 5 heteroatoms. The summed E-state index contributed by atoms with van der Waals surface area (Å²) in [4.78, 5) is 10.3. The number of amides is 1. The van der Waals surface area contributed by atoms with Crippen molar-refractivity contribution in [3.8, 4) is 0 Å². The number of nitrogens with two attached hydrogens (primary N) is 1. The molecule has 0 aliphatic carbocycles. The fourth-order valence-electron chi connectivity index (χ4n) is 0.677. The van der Waals surface area contributed by atoms with Crippen LogP contribution in [0.2, 0.25) is 0 Å². The maximum atomic E-state index is 10.7. The van der Waals surface area contributed by atoms with Crippen molar-refractivity contribution in [3.05, 3.63) is 0 Å². The molecule has 0 unspecified atom stereocenters. The lowest BCUT2D eigenvalue weighted by Crippen LogP contribution is -2.34. The first kappa shape index (κ1) is 7.68. The molecular formula is C5H9NO3S. The Morgan fingerprint density at radius 2 is 2.30 bits per heavy atom. The number of carbonyl (C=O) groups is 1. The van der Waals surface area contributed by atoms with Crippen LogP contribution in [0, 0.1) is 5.92 Å². The average molecular weight is 163 g/mol. The molecule has 4 nitrogen and oxygen atoms in total. The molecule has 0 aromatic heterocycles. The summed E-state index contributed by atoms with van der Waals surface area (Å²) in [6.45, 7) is 1.22. The normalized spacial score (nSPS) is 21.6. The van der Waals surface area contributed by atoms with E-state index in [1.165, 1.54) is 0 Å². The first-order chi connectivity index (χ1) is 4.70. The van der Waals surface area contributed by atoms with Crippen molar-refractivity contribution in [1.82, 2.24) is 0 Å². The number of hydrogen-bond donors (Lipinski definition) is 1. The van der Waals surface area contributed by atoms with Crippen molar-refractivity contribution in [2.24, 2.45) is 11.7 Å². The smallest absolute Gasteiger partial charge is 0.306 e. The second-order valence-corrected chi connectivity index (χ2v) is 3.66. The summed E-state index contributed by atoms with van der Waals surface area (Å²) >= 11 is 0. The van der Waals surface area contributed by atoms with E-state index >= 15 is 0 Å². The summed E-state index contributed by atoms with van der Waals surface area (Å²) in [5, 5.41) is -0.730. The van der Waals surface area contributed by atoms with Crippen molar-refractivity contribution in [2.45, 2.75) is 0 Å². The molecular weight excluding hydrogens is 154 g/mol. The minimum Gasteiger partial charge on any atom is -0.381 e. The highest BCUT2D eigenvalue weighted by Crippen LogP contribution is 2.10. The first-order valence-corrected chi connectivity index (χ1v) is 4.27. The van der Waals surface area contributed by atoms with E-state index in [4.69, 9.17) is 10.5 Å². The number of primary amides is 1. The van der Waals surface area contributed by atoms with E-state index in [1.807, 2.05) is 0 Å². The molecule has 1 amide bonds. The van der Waals surface area contributed by atoms with Crippen LogP contribution in [0.4, 0.5) is 4.79 Å². The van der Waals surface area contributed by atoms with E-state index < -0.39 is 16.0 Å². The number of ether oxygens (including phenoxy) is 1. The van der Waals surface area contributed by atoms with Gasteiger partial charge in [0.15, 0.2) is 0 Å². The van der Waals surface area contributed by atoms with Crippen molar-refractivity contribution >= 4 is 16.0 Å². The van der Waals surface area contributed by atoms with E-state index in [2.05, 4.69) is 0 Å². The largest absolute Gasteiger partial charge is 0.381 e. The zero-order valence-electron chi connectivity index (χ0n) is 5.41. The molecule has 0 spiro atoms. The molecule has 1 rings (SSSR count). The van der Waals surface area contributed by atoms with Crippen LogP contribution in [-0.4, -0.2) is 28.4 Å². The molecule has 1 saturated heterocycles. The first-order valence-electron chi connectivity index (χ1n) is 2.95. The minimum absolute atomic E-state index is 0.272. The van der Waals surface area contributed by atoms with E-state index in [1.54, 1.807) is 0 Å². The lowest BCUT2D eigenvalue weighted by molar-refractivity contribution is -0.0199. The quantitative estimate of drug-likeness (QED) is 0.594. The Labute approximate surface area is 61.2 Å². The van der Waals surface area contributed by atoms with Gasteiger partial charge in [-0.1, -0.05) is 0 Å². The fraction of sp³-hybridized carbons (Fsp3) is 0.800. The molecule has 2 N–H and O–H groups in total. The Morgan fingerprint density at radius 3 is 2.60 bits per heavy atom. The topological polar surface area (TPSA) is 69.4 Å². The predicted molar refractivity (Wildman–Crippen MR) is 36.9 cm³/mol. The van der Waals surface area contributed by atoms with Gasteiger partial charge in [-0.25, -0.2) is 4.21 Å². The lowest BCUT2D eigenvalue weighted by atomic mass is 10.1. The monoisotopic (exact) mass is 163 g/mol. The van der Waals surface area contributed by atoms with Crippen LogP contribution in [0.5, 0.6) is 0 Å². The van der Waals surface area contributed by atoms with Crippen LogP contribution in [0.25, 0.3) is 0 Å². The summed E-state index contributed by atoms with van der Waals surface area (Å²) in [5.41, 5.74) is 4.78. The van der Waals surface area contributed by atoms with E-state index in [0.29, 0.717) is 19.0 Å². The molecule has 0 aromatic carbocycles. The van der Waals surface area contributed by atoms with Gasteiger partial charge in [-0.05, 0) is 0 Å². The lowest BCUT2D eigenvalue weighted by Gasteiger charge is -2.24. The fourth-order valence-corrected chi connectivity index (χ4v) is 1.46. The van der Waals surface area contributed by atoms with Crippen molar-refractivity contribution in [1.29, 1.82) is 0 Å². The molecule has 0 aromatic rings. The zero-order chi connectivity index (χ0) is 7.56. The van der Waals surface area contributed by atoms with E-state index in [9.17, 15) is 9.00 Å². The summed E-state index contributed by atoms with van der Waals surface area (Å²) < 4.78 is 15.6. The third-order valence-corrected chi connectivity index (χ3v) is 2.54. The molecule has 58 valence electrons. The highest BCUT2D eigenvalue weighted by atomic mass is 32.2. The summed E-state index contributed by atoms with van der Waals surface area (Å²) in [7, 11) is -1.49. The Bertz CT molecular complexity index is 166. The molecule has 1 atom stereocenters. The van der Waals surface area contributed by atoms with Gasteiger partial charge in [-0.2, -0.15) is 0 Å². The highest BCUT2D eigenvalue weighted by molar-refractivity contribution is 8.00. The minimum atomic E-state index is -1.49. The van der Waals surface area contributed by atoms with Gasteiger partial charge in [0.1, 0.15) is 10.8 Å². The Hall–Kier alpha value is -0.420. The summed E-state index contributed by atoms with van der Waals surface area (Å²) in [6.07, 6.45) is 0. The standard InChI is InChI=1S/C5H9NO3S/c6-5(7)10(8)3-4-1-9-2-4/h4H,1-3H2,(H2,6,7)/t10-/m0/s1. The Balaban J connectivity index is 2.23. The zero-order valence-corrected chi connectivity index (χ0v) is 6.23. The van der Waals surface area contributed by atoms with Gasteiger partial charge in [0.2, 0.25) is 0 Å². The van der Waals surface area contributed by atoms with Crippen LogP contribution in [0.1, 0.15) is 0 Å². The van der Waals surface area contributed by atoms with Crippen LogP contribution >= 0.6 is 0 Å². The maximum Gasteiger partial charge on any atom is 0.306 e. The number of hydrogen-bond acceptors (Lipinski definition) is 3. The van der Waals surface area contributed by atoms with Crippen LogP contribution in [-0.2, 0) is 15.5 Å². The molecule has 1 aliphatic rings. The van der Waals surface area contributed by atoms with Crippen molar-refractivity contribution in [3.63, 3.8) is 0 Å². The summed E-state index contributed by atoms with van der Waals surface area (Å²) in [6, 6.07) is 0. The Kier molecular flexibility index (Phi) is 2.39. The SMILES string of the molecule is NC(=O)[S@@](=O)CC1COC1. The van der Waals surface area contributed by atoms with Gasteiger partial charge >= 0.3 is 5.24 Å². The Morgan fingerprint density at radius 1 is 1.70 bits per heavy atom. The van der Waals surface area contributed by atoms with E-state index in [-0.39, 0.29) is 5.92 Å². The van der Waals surface area contributed by atoms with Crippen molar-refractivity contribution < 1.29 is 13.7 Å². The molecule has 1 aliphatic heterocycles. The predicted octanol–water partition coefficient (Wildman–Crippen LogP) is -0.540. The third-order valence-electron chi connectivity index (χ3n) is 1.32. The van der Waals surface area contributed by atoms with Gasteiger partial charge in [-0.15, -0.1) is 0 Å². The van der Waals surface area contributed by atoms with Gasteiger partial charge < -0.3 is 10.5 Å². The average Bonchev–Trinajstić information content (AvgIpc) is 1.77. The maximum absolute atomic E-state index is 10.7. The molecule has 1 heterocycles. The van der Waals surface area contributed by atoms with Gasteiger partial charge in [0, 0.05) is 11.7 Å². The third kappa shape index (κ3) is 1.78. The molecule has 0 bridgehead atoms. The summed E-state index contributed by atoms with van der Waals surface area (Å²) in [5.74, 6) is 0.628. The molecule has 0 radical (unpaired) electrons. The van der Waals surface area contributed by atoms with Gasteiger partial charge in [-0.3, -0.25) is 4.79 Å².